The van der Waals surface area contributed by atoms with Crippen molar-refractivity contribution in [2.45, 2.75) is 32.9 Å². The van der Waals surface area contributed by atoms with Gasteiger partial charge in [-0.05, 0) is 62.2 Å². The summed E-state index contributed by atoms with van der Waals surface area (Å²) in [6, 6.07) is 9.25. The summed E-state index contributed by atoms with van der Waals surface area (Å²) >= 11 is 0. The average Bonchev–Trinajstić information content (AvgIpc) is 2.79. The van der Waals surface area contributed by atoms with Crippen molar-refractivity contribution in [2.24, 2.45) is 0 Å². The first-order valence-corrected chi connectivity index (χ1v) is 10.8. The molecule has 0 saturated heterocycles. The van der Waals surface area contributed by atoms with Gasteiger partial charge in [0, 0.05) is 23.8 Å². The van der Waals surface area contributed by atoms with Gasteiger partial charge in [0.1, 0.15) is 12.3 Å². The van der Waals surface area contributed by atoms with E-state index in [9.17, 15) is 8.78 Å². The zero-order valence-corrected chi connectivity index (χ0v) is 18.1. The van der Waals surface area contributed by atoms with E-state index < -0.39 is 11.6 Å². The highest BCUT2D eigenvalue weighted by Gasteiger charge is 2.25. The molecule has 0 amide bonds. The Kier molecular flexibility index (Phi) is 5.38. The number of ether oxygens (including phenoxy) is 1. The van der Waals surface area contributed by atoms with Crippen molar-refractivity contribution in [1.29, 1.82) is 0 Å². The van der Waals surface area contributed by atoms with Crippen molar-refractivity contribution >= 4 is 17.3 Å². The Morgan fingerprint density at radius 3 is 2.84 bits per heavy atom. The number of benzene rings is 2. The van der Waals surface area contributed by atoms with Crippen LogP contribution < -0.4 is 20.3 Å². The SMILES string of the molecule is CC(C)N1CCOc2c(F)cc(-c3nc(Nc4ccc5c(c4)CNCC5)ncc3F)cc21. The molecule has 5 rings (SSSR count). The Morgan fingerprint density at radius 1 is 1.12 bits per heavy atom. The standard InChI is InChI=1S/C24H25F2N5O/c1-14(2)31-7-8-32-23-19(25)10-16(11-21(23)31)22-20(26)13-28-24(30-22)29-18-4-3-15-5-6-27-12-17(15)9-18/h3-4,9-11,13-14,27H,5-8,12H2,1-2H3,(H,28,29,30). The predicted molar refractivity (Wildman–Crippen MR) is 120 cm³/mol. The molecule has 166 valence electrons. The van der Waals surface area contributed by atoms with Crippen LogP contribution in [0.5, 0.6) is 5.75 Å². The summed E-state index contributed by atoms with van der Waals surface area (Å²) in [6.07, 6.45) is 2.10. The fraction of sp³-hybridized carbons (Fsp3) is 0.333. The molecule has 0 fully saturated rings. The second-order valence-electron chi connectivity index (χ2n) is 8.37. The summed E-state index contributed by atoms with van der Waals surface area (Å²) in [5, 5.41) is 6.50. The van der Waals surface area contributed by atoms with Gasteiger partial charge in [0.05, 0.1) is 18.4 Å². The molecule has 2 aromatic carbocycles. The number of hydrogen-bond donors (Lipinski definition) is 2. The lowest BCUT2D eigenvalue weighted by Crippen LogP contribution is -2.38. The summed E-state index contributed by atoms with van der Waals surface area (Å²) < 4.78 is 35.1. The van der Waals surface area contributed by atoms with Crippen molar-refractivity contribution in [3.8, 4) is 17.0 Å². The van der Waals surface area contributed by atoms with Crippen LogP contribution in [0.2, 0.25) is 0 Å². The first kappa shape index (κ1) is 20.6. The largest absolute Gasteiger partial charge is 0.486 e. The lowest BCUT2D eigenvalue weighted by molar-refractivity contribution is 0.287. The molecule has 0 spiro atoms. The third-order valence-electron chi connectivity index (χ3n) is 5.90. The fourth-order valence-electron chi connectivity index (χ4n) is 4.29. The Labute approximate surface area is 185 Å². The molecule has 3 heterocycles. The van der Waals surface area contributed by atoms with Crippen LogP contribution in [-0.4, -0.2) is 35.7 Å². The van der Waals surface area contributed by atoms with E-state index >= 15 is 0 Å². The second-order valence-corrected chi connectivity index (χ2v) is 8.37. The highest BCUT2D eigenvalue weighted by molar-refractivity contribution is 5.73. The lowest BCUT2D eigenvalue weighted by atomic mass is 10.0. The molecule has 0 atom stereocenters. The van der Waals surface area contributed by atoms with Gasteiger partial charge in [-0.25, -0.2) is 18.7 Å². The third kappa shape index (κ3) is 3.86. The third-order valence-corrected chi connectivity index (χ3v) is 5.90. The van der Waals surface area contributed by atoms with Crippen LogP contribution in [0.25, 0.3) is 11.3 Å². The van der Waals surface area contributed by atoms with E-state index in [0.29, 0.717) is 24.4 Å². The summed E-state index contributed by atoms with van der Waals surface area (Å²) in [6.45, 7) is 6.89. The van der Waals surface area contributed by atoms with E-state index in [1.54, 1.807) is 6.07 Å². The summed E-state index contributed by atoms with van der Waals surface area (Å²) in [5.74, 6) is -0.695. The maximum atomic E-state index is 14.9. The molecule has 0 bridgehead atoms. The molecule has 2 aliphatic rings. The number of anilines is 3. The van der Waals surface area contributed by atoms with Crippen LogP contribution in [0.15, 0.2) is 36.5 Å². The van der Waals surface area contributed by atoms with Gasteiger partial charge < -0.3 is 20.3 Å². The summed E-state index contributed by atoms with van der Waals surface area (Å²) in [7, 11) is 0. The number of aromatic nitrogens is 2. The Balaban J connectivity index is 1.49. The maximum absolute atomic E-state index is 14.9. The van der Waals surface area contributed by atoms with E-state index in [0.717, 1.165) is 31.4 Å². The first-order valence-electron chi connectivity index (χ1n) is 10.8. The molecule has 1 aromatic heterocycles. The van der Waals surface area contributed by atoms with Crippen molar-refractivity contribution < 1.29 is 13.5 Å². The van der Waals surface area contributed by atoms with Gasteiger partial charge in [0.25, 0.3) is 0 Å². The zero-order valence-electron chi connectivity index (χ0n) is 18.1. The monoisotopic (exact) mass is 437 g/mol. The van der Waals surface area contributed by atoms with Gasteiger partial charge in [0.2, 0.25) is 5.95 Å². The predicted octanol–water partition coefficient (Wildman–Crippen LogP) is 4.42. The van der Waals surface area contributed by atoms with Crippen LogP contribution in [0.3, 0.4) is 0 Å². The Morgan fingerprint density at radius 2 is 2.00 bits per heavy atom. The maximum Gasteiger partial charge on any atom is 0.227 e. The minimum absolute atomic E-state index is 0.0399. The van der Waals surface area contributed by atoms with Crippen LogP contribution in [0, 0.1) is 11.6 Å². The molecule has 32 heavy (non-hydrogen) atoms. The quantitative estimate of drug-likeness (QED) is 0.630. The molecule has 0 aliphatic carbocycles. The number of nitrogens with zero attached hydrogens (tertiary/aromatic N) is 3. The molecule has 0 saturated carbocycles. The van der Waals surface area contributed by atoms with E-state index in [4.69, 9.17) is 4.74 Å². The smallest absolute Gasteiger partial charge is 0.227 e. The Bertz CT molecular complexity index is 1170. The topological polar surface area (TPSA) is 62.3 Å². The molecule has 0 unspecified atom stereocenters. The first-order chi connectivity index (χ1) is 15.5. The van der Waals surface area contributed by atoms with Crippen molar-refractivity contribution in [3.63, 3.8) is 0 Å². The van der Waals surface area contributed by atoms with Gasteiger partial charge in [-0.15, -0.1) is 0 Å². The molecule has 2 aliphatic heterocycles. The number of rotatable bonds is 4. The van der Waals surface area contributed by atoms with Crippen LogP contribution >= 0.6 is 0 Å². The van der Waals surface area contributed by atoms with Gasteiger partial charge in [0.15, 0.2) is 17.4 Å². The number of fused-ring (bicyclic) bond motifs is 2. The van der Waals surface area contributed by atoms with E-state index in [1.807, 2.05) is 30.9 Å². The summed E-state index contributed by atoms with van der Waals surface area (Å²) in [4.78, 5) is 10.5. The van der Waals surface area contributed by atoms with Crippen LogP contribution in [-0.2, 0) is 13.0 Å². The van der Waals surface area contributed by atoms with E-state index in [1.165, 1.54) is 17.2 Å². The minimum atomic E-state index is -0.614. The van der Waals surface area contributed by atoms with Gasteiger partial charge >= 0.3 is 0 Å². The average molecular weight is 437 g/mol. The van der Waals surface area contributed by atoms with E-state index in [-0.39, 0.29) is 23.4 Å². The summed E-state index contributed by atoms with van der Waals surface area (Å²) in [5.41, 5.74) is 4.34. The van der Waals surface area contributed by atoms with Crippen LogP contribution in [0.4, 0.5) is 26.1 Å². The van der Waals surface area contributed by atoms with E-state index in [2.05, 4.69) is 26.7 Å². The molecular weight excluding hydrogens is 412 g/mol. The van der Waals surface area contributed by atoms with Crippen molar-refractivity contribution in [3.05, 3.63) is 59.3 Å². The van der Waals surface area contributed by atoms with Gasteiger partial charge in [-0.3, -0.25) is 0 Å². The molecule has 3 aromatic rings. The minimum Gasteiger partial charge on any atom is -0.486 e. The molecule has 0 radical (unpaired) electrons. The molecule has 8 heteroatoms. The molecule has 2 N–H and O–H groups in total. The molecule has 6 nitrogen and oxygen atoms in total. The van der Waals surface area contributed by atoms with Gasteiger partial charge in [-0.2, -0.15) is 0 Å². The normalized spacial score (nSPS) is 15.2. The highest BCUT2D eigenvalue weighted by Crippen LogP contribution is 2.39. The van der Waals surface area contributed by atoms with Crippen molar-refractivity contribution in [2.75, 3.05) is 29.9 Å². The fourth-order valence-corrected chi connectivity index (χ4v) is 4.29. The molecular formula is C24H25F2N5O. The Hall–Kier alpha value is -3.26. The second kappa shape index (κ2) is 8.35. The lowest BCUT2D eigenvalue weighted by Gasteiger charge is -2.34. The van der Waals surface area contributed by atoms with Gasteiger partial charge in [-0.1, -0.05) is 6.07 Å². The van der Waals surface area contributed by atoms with Crippen molar-refractivity contribution in [1.82, 2.24) is 15.3 Å². The van der Waals surface area contributed by atoms with Crippen LogP contribution in [0.1, 0.15) is 25.0 Å². The number of halogens is 2. The zero-order chi connectivity index (χ0) is 22.2. The number of hydrogen-bond acceptors (Lipinski definition) is 6. The highest BCUT2D eigenvalue weighted by atomic mass is 19.1. The number of nitrogens with one attached hydrogen (secondary N) is 2.